The summed E-state index contributed by atoms with van der Waals surface area (Å²) in [5.41, 5.74) is 0. The Balaban J connectivity index is 1.63. The highest BCUT2D eigenvalue weighted by atomic mass is 16.6. The van der Waals surface area contributed by atoms with Crippen molar-refractivity contribution in [3.63, 3.8) is 0 Å². The highest BCUT2D eigenvalue weighted by Gasteiger charge is 2.25. The van der Waals surface area contributed by atoms with E-state index in [0.29, 0.717) is 12.6 Å². The molecule has 2 aliphatic rings. The van der Waals surface area contributed by atoms with Crippen LogP contribution in [0.1, 0.15) is 26.2 Å². The summed E-state index contributed by atoms with van der Waals surface area (Å²) in [5.74, 6) is 1.74. The summed E-state index contributed by atoms with van der Waals surface area (Å²) in [4.78, 5) is 2.50. The van der Waals surface area contributed by atoms with Crippen molar-refractivity contribution in [1.29, 1.82) is 0 Å². The van der Waals surface area contributed by atoms with Crippen LogP contribution in [0.3, 0.4) is 0 Å². The van der Waals surface area contributed by atoms with E-state index >= 15 is 0 Å². The van der Waals surface area contributed by atoms with Gasteiger partial charge >= 0.3 is 0 Å². The van der Waals surface area contributed by atoms with Crippen molar-refractivity contribution in [2.75, 3.05) is 19.7 Å². The molecule has 3 nitrogen and oxygen atoms in total. The Labute approximate surface area is 121 Å². The van der Waals surface area contributed by atoms with Gasteiger partial charge in [-0.1, -0.05) is 31.2 Å². The second kappa shape index (κ2) is 6.31. The number of hydrogen-bond donors (Lipinski definition) is 0. The van der Waals surface area contributed by atoms with Crippen molar-refractivity contribution in [2.24, 2.45) is 0 Å². The molecule has 3 heteroatoms. The van der Waals surface area contributed by atoms with Gasteiger partial charge in [-0.25, -0.2) is 0 Å². The minimum Gasteiger partial charge on any atom is -0.486 e. The molecule has 0 N–H and O–H groups in total. The van der Waals surface area contributed by atoms with Gasteiger partial charge in [0.05, 0.1) is 0 Å². The molecule has 0 saturated carbocycles. The fraction of sp³-hybridized carbons (Fsp3) is 0.529. The van der Waals surface area contributed by atoms with Crippen molar-refractivity contribution < 1.29 is 9.47 Å². The average molecular weight is 273 g/mol. The maximum absolute atomic E-state index is 6.06. The number of rotatable bonds is 4. The number of para-hydroxylation sites is 2. The first kappa shape index (κ1) is 13.5. The van der Waals surface area contributed by atoms with Crippen LogP contribution in [0.2, 0.25) is 0 Å². The molecule has 0 saturated heterocycles. The summed E-state index contributed by atoms with van der Waals surface area (Å²) in [6, 6.07) is 8.49. The summed E-state index contributed by atoms with van der Waals surface area (Å²) in [6.45, 7) is 4.85. The summed E-state index contributed by atoms with van der Waals surface area (Å²) in [6.07, 6.45) is 8.57. The van der Waals surface area contributed by atoms with Crippen molar-refractivity contribution in [3.8, 4) is 11.5 Å². The summed E-state index contributed by atoms with van der Waals surface area (Å²) in [7, 11) is 0. The van der Waals surface area contributed by atoms with E-state index in [1.807, 2.05) is 24.3 Å². The predicted molar refractivity (Wildman–Crippen MR) is 80.4 cm³/mol. The number of benzene rings is 1. The second-order valence-corrected chi connectivity index (χ2v) is 5.51. The number of ether oxygens (including phenoxy) is 2. The second-order valence-electron chi connectivity index (χ2n) is 5.51. The Morgan fingerprint density at radius 2 is 2.10 bits per heavy atom. The highest BCUT2D eigenvalue weighted by molar-refractivity contribution is 5.40. The predicted octanol–water partition coefficient (Wildman–Crippen LogP) is 3.26. The molecule has 2 unspecified atom stereocenters. The molecular formula is C17H23NO2. The smallest absolute Gasteiger partial charge is 0.161 e. The van der Waals surface area contributed by atoms with Gasteiger partial charge in [-0.3, -0.25) is 4.90 Å². The van der Waals surface area contributed by atoms with Gasteiger partial charge in [0.25, 0.3) is 0 Å². The van der Waals surface area contributed by atoms with E-state index in [9.17, 15) is 0 Å². The average Bonchev–Trinajstić information content (AvgIpc) is 2.53. The zero-order chi connectivity index (χ0) is 13.8. The summed E-state index contributed by atoms with van der Waals surface area (Å²) in [5, 5.41) is 0. The molecule has 0 amide bonds. The van der Waals surface area contributed by atoms with Crippen LogP contribution < -0.4 is 9.47 Å². The molecule has 0 bridgehead atoms. The Hall–Kier alpha value is -1.48. The van der Waals surface area contributed by atoms with E-state index in [4.69, 9.17) is 9.47 Å². The van der Waals surface area contributed by atoms with Crippen molar-refractivity contribution in [2.45, 2.75) is 38.3 Å². The zero-order valence-corrected chi connectivity index (χ0v) is 12.1. The third-order valence-electron chi connectivity index (χ3n) is 4.11. The van der Waals surface area contributed by atoms with E-state index < -0.39 is 0 Å². The molecule has 0 spiro atoms. The third kappa shape index (κ3) is 2.98. The molecule has 1 aromatic rings. The summed E-state index contributed by atoms with van der Waals surface area (Å²) < 4.78 is 11.9. The fourth-order valence-corrected chi connectivity index (χ4v) is 3.01. The standard InChI is InChI=1S/C17H23NO2/c1-2-18(14-8-4-3-5-9-14)12-15-13-19-16-10-6-7-11-17(16)20-15/h4,6-8,10-11,14-15H,2-3,5,9,12-13H2,1H3. The third-order valence-corrected chi connectivity index (χ3v) is 4.11. The molecule has 20 heavy (non-hydrogen) atoms. The lowest BCUT2D eigenvalue weighted by Gasteiger charge is -2.35. The summed E-state index contributed by atoms with van der Waals surface area (Å²) >= 11 is 0. The van der Waals surface area contributed by atoms with Gasteiger partial charge in [-0.2, -0.15) is 0 Å². The maximum Gasteiger partial charge on any atom is 0.161 e. The van der Waals surface area contributed by atoms with Crippen LogP contribution in [0.4, 0.5) is 0 Å². The lowest BCUT2D eigenvalue weighted by atomic mass is 10.0. The normalized spacial score (nSPS) is 24.9. The van der Waals surface area contributed by atoms with Gasteiger partial charge in [-0.05, 0) is 37.9 Å². The number of hydrogen-bond acceptors (Lipinski definition) is 3. The zero-order valence-electron chi connectivity index (χ0n) is 12.1. The molecule has 0 aromatic heterocycles. The quantitative estimate of drug-likeness (QED) is 0.786. The number of allylic oxidation sites excluding steroid dienone is 1. The van der Waals surface area contributed by atoms with Gasteiger partial charge in [0.1, 0.15) is 12.7 Å². The fourth-order valence-electron chi connectivity index (χ4n) is 3.01. The maximum atomic E-state index is 6.06. The van der Waals surface area contributed by atoms with E-state index in [2.05, 4.69) is 24.0 Å². The lowest BCUT2D eigenvalue weighted by Crippen LogP contribution is -2.45. The molecule has 108 valence electrons. The van der Waals surface area contributed by atoms with Crippen LogP contribution >= 0.6 is 0 Å². The van der Waals surface area contributed by atoms with Crippen LogP contribution in [0.5, 0.6) is 11.5 Å². The first-order valence-corrected chi connectivity index (χ1v) is 7.66. The Bertz CT molecular complexity index is 472. The van der Waals surface area contributed by atoms with E-state index in [-0.39, 0.29) is 6.10 Å². The molecule has 0 radical (unpaired) electrons. The minimum atomic E-state index is 0.125. The van der Waals surface area contributed by atoms with E-state index in [0.717, 1.165) is 24.6 Å². The lowest BCUT2D eigenvalue weighted by molar-refractivity contribution is 0.0510. The van der Waals surface area contributed by atoms with Gasteiger partial charge in [-0.15, -0.1) is 0 Å². The first-order chi connectivity index (χ1) is 9.86. The monoisotopic (exact) mass is 273 g/mol. The largest absolute Gasteiger partial charge is 0.486 e. The minimum absolute atomic E-state index is 0.125. The van der Waals surface area contributed by atoms with Crippen LogP contribution in [0.25, 0.3) is 0 Å². The molecule has 0 fully saturated rings. The number of fused-ring (bicyclic) bond motifs is 1. The van der Waals surface area contributed by atoms with Crippen molar-refractivity contribution in [3.05, 3.63) is 36.4 Å². The van der Waals surface area contributed by atoms with Gasteiger partial charge < -0.3 is 9.47 Å². The van der Waals surface area contributed by atoms with Gasteiger partial charge in [0, 0.05) is 12.6 Å². The molecule has 1 aliphatic heterocycles. The SMILES string of the molecule is CCN(CC1COc2ccccc2O1)C1C=CCCC1. The molecule has 1 aliphatic carbocycles. The van der Waals surface area contributed by atoms with Gasteiger partial charge in [0.15, 0.2) is 11.5 Å². The molecular weight excluding hydrogens is 250 g/mol. The Morgan fingerprint density at radius 3 is 2.85 bits per heavy atom. The molecule has 1 aromatic carbocycles. The molecule has 3 rings (SSSR count). The van der Waals surface area contributed by atoms with E-state index in [1.165, 1.54) is 19.3 Å². The first-order valence-electron chi connectivity index (χ1n) is 7.66. The number of nitrogens with zero attached hydrogens (tertiary/aromatic N) is 1. The number of likely N-dealkylation sites (N-methyl/N-ethyl adjacent to an activating group) is 1. The van der Waals surface area contributed by atoms with Crippen LogP contribution in [0, 0.1) is 0 Å². The van der Waals surface area contributed by atoms with Gasteiger partial charge in [0.2, 0.25) is 0 Å². The Morgan fingerprint density at radius 1 is 1.25 bits per heavy atom. The highest BCUT2D eigenvalue weighted by Crippen LogP contribution is 2.31. The van der Waals surface area contributed by atoms with Crippen molar-refractivity contribution in [1.82, 2.24) is 4.90 Å². The van der Waals surface area contributed by atoms with Crippen molar-refractivity contribution >= 4 is 0 Å². The van der Waals surface area contributed by atoms with Crippen LogP contribution in [0.15, 0.2) is 36.4 Å². The van der Waals surface area contributed by atoms with Crippen LogP contribution in [-0.2, 0) is 0 Å². The Kier molecular flexibility index (Phi) is 4.26. The molecule has 2 atom stereocenters. The van der Waals surface area contributed by atoms with E-state index in [1.54, 1.807) is 0 Å². The molecule has 1 heterocycles. The topological polar surface area (TPSA) is 21.7 Å². The van der Waals surface area contributed by atoms with Crippen LogP contribution in [-0.4, -0.2) is 36.7 Å².